The van der Waals surface area contributed by atoms with Crippen molar-refractivity contribution < 1.29 is 14.2 Å². The molecule has 1 heterocycles. The summed E-state index contributed by atoms with van der Waals surface area (Å²) in [5.74, 6) is 2.25. The van der Waals surface area contributed by atoms with Crippen molar-refractivity contribution in [1.29, 1.82) is 0 Å². The Labute approximate surface area is 127 Å². The molecule has 1 aromatic carbocycles. The van der Waals surface area contributed by atoms with E-state index >= 15 is 0 Å². The van der Waals surface area contributed by atoms with Crippen LogP contribution in [0.4, 0.5) is 0 Å². The van der Waals surface area contributed by atoms with Crippen LogP contribution in [0.15, 0.2) is 12.1 Å². The highest BCUT2D eigenvalue weighted by molar-refractivity contribution is 5.52. The SMILES string of the molecule is COc1cc(OC)c(C(CN)N2CCCC2C)c(OC)c1. The molecule has 1 fully saturated rings. The first kappa shape index (κ1) is 15.9. The Morgan fingerprint density at radius 1 is 1.19 bits per heavy atom. The molecule has 0 amide bonds. The number of benzene rings is 1. The lowest BCUT2D eigenvalue weighted by Gasteiger charge is -2.32. The van der Waals surface area contributed by atoms with Gasteiger partial charge in [0.15, 0.2) is 0 Å². The number of hydrogen-bond acceptors (Lipinski definition) is 5. The minimum absolute atomic E-state index is 0.0957. The number of nitrogens with zero attached hydrogens (tertiary/aromatic N) is 1. The van der Waals surface area contributed by atoms with Crippen molar-refractivity contribution in [1.82, 2.24) is 4.90 Å². The van der Waals surface area contributed by atoms with Crippen LogP contribution in [0.3, 0.4) is 0 Å². The molecule has 21 heavy (non-hydrogen) atoms. The van der Waals surface area contributed by atoms with Gasteiger partial charge in [-0.3, -0.25) is 4.90 Å². The van der Waals surface area contributed by atoms with Gasteiger partial charge in [-0.2, -0.15) is 0 Å². The van der Waals surface area contributed by atoms with Gasteiger partial charge in [0.25, 0.3) is 0 Å². The Kier molecular flexibility index (Phi) is 5.31. The summed E-state index contributed by atoms with van der Waals surface area (Å²) < 4.78 is 16.4. The van der Waals surface area contributed by atoms with Crippen molar-refractivity contribution in [2.24, 2.45) is 5.73 Å². The summed E-state index contributed by atoms with van der Waals surface area (Å²) in [7, 11) is 4.97. The summed E-state index contributed by atoms with van der Waals surface area (Å²) in [6.45, 7) is 3.84. The second-order valence-corrected chi connectivity index (χ2v) is 5.43. The summed E-state index contributed by atoms with van der Waals surface area (Å²) in [4.78, 5) is 2.44. The third-order valence-corrected chi connectivity index (χ3v) is 4.31. The zero-order chi connectivity index (χ0) is 15.4. The maximum atomic E-state index is 6.08. The molecular formula is C16H26N2O3. The highest BCUT2D eigenvalue weighted by Gasteiger charge is 2.32. The molecule has 0 aliphatic carbocycles. The Morgan fingerprint density at radius 2 is 1.81 bits per heavy atom. The molecule has 1 aromatic rings. The van der Waals surface area contributed by atoms with E-state index in [1.807, 2.05) is 12.1 Å². The van der Waals surface area contributed by atoms with Crippen LogP contribution in [-0.4, -0.2) is 45.4 Å². The van der Waals surface area contributed by atoms with Crippen molar-refractivity contribution in [3.8, 4) is 17.2 Å². The van der Waals surface area contributed by atoms with Gasteiger partial charge in [-0.05, 0) is 26.3 Å². The molecule has 1 aliphatic heterocycles. The van der Waals surface area contributed by atoms with Crippen LogP contribution in [0.5, 0.6) is 17.2 Å². The molecule has 2 atom stereocenters. The standard InChI is InChI=1S/C16H26N2O3/c1-11-6-5-7-18(11)13(10-17)16-14(20-3)8-12(19-2)9-15(16)21-4/h8-9,11,13H,5-7,10,17H2,1-4H3. The average molecular weight is 294 g/mol. The van der Waals surface area contributed by atoms with Crippen molar-refractivity contribution in [3.05, 3.63) is 17.7 Å². The third-order valence-electron chi connectivity index (χ3n) is 4.31. The van der Waals surface area contributed by atoms with E-state index in [2.05, 4.69) is 11.8 Å². The largest absolute Gasteiger partial charge is 0.496 e. The molecule has 0 spiro atoms. The molecule has 2 rings (SSSR count). The topological polar surface area (TPSA) is 57.0 Å². The number of rotatable bonds is 6. The van der Waals surface area contributed by atoms with E-state index in [1.54, 1.807) is 21.3 Å². The molecule has 2 unspecified atom stereocenters. The number of nitrogens with two attached hydrogens (primary N) is 1. The number of hydrogen-bond donors (Lipinski definition) is 1. The monoisotopic (exact) mass is 294 g/mol. The molecule has 0 bridgehead atoms. The van der Waals surface area contributed by atoms with E-state index in [1.165, 1.54) is 12.8 Å². The number of methoxy groups -OCH3 is 3. The maximum absolute atomic E-state index is 6.08. The Balaban J connectivity index is 2.48. The zero-order valence-corrected chi connectivity index (χ0v) is 13.4. The van der Waals surface area contributed by atoms with Crippen molar-refractivity contribution >= 4 is 0 Å². The summed E-state index contributed by atoms with van der Waals surface area (Å²) in [5.41, 5.74) is 7.09. The van der Waals surface area contributed by atoms with Crippen LogP contribution < -0.4 is 19.9 Å². The first-order chi connectivity index (χ1) is 10.2. The van der Waals surface area contributed by atoms with Crippen LogP contribution >= 0.6 is 0 Å². The quantitative estimate of drug-likeness (QED) is 0.871. The van der Waals surface area contributed by atoms with Crippen LogP contribution in [-0.2, 0) is 0 Å². The summed E-state index contributed by atoms with van der Waals surface area (Å²) in [5, 5.41) is 0. The fourth-order valence-electron chi connectivity index (χ4n) is 3.20. The predicted octanol–water partition coefficient (Wildman–Crippen LogP) is 2.20. The van der Waals surface area contributed by atoms with Gasteiger partial charge >= 0.3 is 0 Å². The van der Waals surface area contributed by atoms with Gasteiger partial charge in [0.2, 0.25) is 0 Å². The van der Waals surface area contributed by atoms with E-state index in [0.717, 1.165) is 29.4 Å². The summed E-state index contributed by atoms with van der Waals surface area (Å²) in [6, 6.07) is 4.40. The van der Waals surface area contributed by atoms with Crippen LogP contribution in [0.1, 0.15) is 31.4 Å². The van der Waals surface area contributed by atoms with Crippen LogP contribution in [0, 0.1) is 0 Å². The van der Waals surface area contributed by atoms with Crippen LogP contribution in [0.25, 0.3) is 0 Å². The molecule has 5 nitrogen and oxygen atoms in total. The minimum Gasteiger partial charge on any atom is -0.496 e. The van der Waals surface area contributed by atoms with Crippen LogP contribution in [0.2, 0.25) is 0 Å². The van der Waals surface area contributed by atoms with E-state index < -0.39 is 0 Å². The molecule has 0 saturated carbocycles. The van der Waals surface area contributed by atoms with Gasteiger partial charge in [-0.1, -0.05) is 0 Å². The molecular weight excluding hydrogens is 268 g/mol. The second-order valence-electron chi connectivity index (χ2n) is 5.43. The maximum Gasteiger partial charge on any atom is 0.131 e. The second kappa shape index (κ2) is 7.00. The summed E-state index contributed by atoms with van der Waals surface area (Å²) in [6.07, 6.45) is 2.41. The Hall–Kier alpha value is -1.46. The van der Waals surface area contributed by atoms with Gasteiger partial charge in [-0.25, -0.2) is 0 Å². The normalized spacial score (nSPS) is 20.3. The van der Waals surface area contributed by atoms with Gasteiger partial charge in [0, 0.05) is 24.7 Å². The average Bonchev–Trinajstić information content (AvgIpc) is 2.94. The summed E-state index contributed by atoms with van der Waals surface area (Å²) >= 11 is 0. The fraction of sp³-hybridized carbons (Fsp3) is 0.625. The lowest BCUT2D eigenvalue weighted by Crippen LogP contribution is -2.36. The minimum atomic E-state index is 0.0957. The van der Waals surface area contributed by atoms with E-state index in [9.17, 15) is 0 Å². The molecule has 1 aliphatic rings. The third kappa shape index (κ3) is 3.09. The van der Waals surface area contributed by atoms with Gasteiger partial charge in [-0.15, -0.1) is 0 Å². The first-order valence-corrected chi connectivity index (χ1v) is 7.42. The number of ether oxygens (including phenoxy) is 3. The Morgan fingerprint density at radius 3 is 2.19 bits per heavy atom. The molecule has 0 aromatic heterocycles. The van der Waals surface area contributed by atoms with Crippen molar-refractivity contribution in [3.63, 3.8) is 0 Å². The molecule has 5 heteroatoms. The van der Waals surface area contributed by atoms with E-state index in [4.69, 9.17) is 19.9 Å². The lowest BCUT2D eigenvalue weighted by atomic mass is 10.0. The molecule has 2 N–H and O–H groups in total. The van der Waals surface area contributed by atoms with Gasteiger partial charge < -0.3 is 19.9 Å². The van der Waals surface area contributed by atoms with E-state index in [-0.39, 0.29) is 6.04 Å². The molecule has 118 valence electrons. The molecule has 0 radical (unpaired) electrons. The van der Waals surface area contributed by atoms with Gasteiger partial charge in [0.1, 0.15) is 17.2 Å². The smallest absolute Gasteiger partial charge is 0.131 e. The fourth-order valence-corrected chi connectivity index (χ4v) is 3.20. The lowest BCUT2D eigenvalue weighted by molar-refractivity contribution is 0.188. The van der Waals surface area contributed by atoms with Gasteiger partial charge in [0.05, 0.1) is 32.9 Å². The highest BCUT2D eigenvalue weighted by atomic mass is 16.5. The zero-order valence-electron chi connectivity index (χ0n) is 13.4. The Bertz CT molecular complexity index is 454. The van der Waals surface area contributed by atoms with Crippen molar-refractivity contribution in [2.75, 3.05) is 34.4 Å². The highest BCUT2D eigenvalue weighted by Crippen LogP contribution is 2.42. The van der Waals surface area contributed by atoms with Crippen molar-refractivity contribution in [2.45, 2.75) is 31.8 Å². The molecule has 1 saturated heterocycles. The first-order valence-electron chi connectivity index (χ1n) is 7.42. The predicted molar refractivity (Wildman–Crippen MR) is 83.3 cm³/mol. The van der Waals surface area contributed by atoms with E-state index in [0.29, 0.717) is 12.6 Å². The number of likely N-dealkylation sites (tertiary alicyclic amines) is 1.